The van der Waals surface area contributed by atoms with Crippen LogP contribution in [0.15, 0.2) is 95.6 Å². The molecule has 0 saturated carbocycles. The van der Waals surface area contributed by atoms with Crippen molar-refractivity contribution in [1.29, 1.82) is 0 Å². The van der Waals surface area contributed by atoms with Crippen molar-refractivity contribution in [1.82, 2.24) is 4.90 Å². The first-order valence-corrected chi connectivity index (χ1v) is 12.6. The minimum absolute atomic E-state index is 0.0160. The molecule has 1 heterocycles. The molecule has 0 radical (unpaired) electrons. The van der Waals surface area contributed by atoms with E-state index >= 15 is 0 Å². The first kappa shape index (κ1) is 26.7. The highest BCUT2D eigenvalue weighted by Crippen LogP contribution is 2.29. The molecule has 1 atom stereocenters. The summed E-state index contributed by atoms with van der Waals surface area (Å²) in [5.41, 5.74) is 4.17. The topological polar surface area (TPSA) is 65.8 Å². The van der Waals surface area contributed by atoms with E-state index in [0.29, 0.717) is 25.2 Å². The van der Waals surface area contributed by atoms with Crippen molar-refractivity contribution in [2.75, 3.05) is 24.3 Å². The maximum atomic E-state index is 14.0. The van der Waals surface area contributed by atoms with Crippen LogP contribution in [0.5, 0.6) is 0 Å². The van der Waals surface area contributed by atoms with E-state index in [2.05, 4.69) is 5.32 Å². The Morgan fingerprint density at radius 1 is 0.921 bits per heavy atom. The molecule has 196 valence electrons. The molecule has 2 amide bonds. The van der Waals surface area contributed by atoms with Crippen LogP contribution in [0.1, 0.15) is 46.5 Å². The van der Waals surface area contributed by atoms with E-state index in [1.54, 1.807) is 29.2 Å². The molecule has 0 bridgehead atoms. The number of anilines is 2. The van der Waals surface area contributed by atoms with E-state index in [9.17, 15) is 14.0 Å². The SMILES string of the molecule is CC[C@H](C(=O)N(Cc1ccc(F)cc1)Cc1cc(NC(=O)c2ccco2)ccc1N(C)C)c1ccccc1. The van der Waals surface area contributed by atoms with Crippen LogP contribution in [0.4, 0.5) is 15.8 Å². The number of carbonyl (C=O) groups is 2. The van der Waals surface area contributed by atoms with Crippen molar-refractivity contribution in [3.8, 4) is 0 Å². The van der Waals surface area contributed by atoms with Crippen molar-refractivity contribution in [3.63, 3.8) is 0 Å². The Kier molecular flexibility index (Phi) is 8.58. The maximum Gasteiger partial charge on any atom is 0.291 e. The molecule has 0 aliphatic heterocycles. The molecule has 3 aromatic carbocycles. The molecule has 0 fully saturated rings. The summed E-state index contributed by atoms with van der Waals surface area (Å²) in [6.45, 7) is 2.62. The van der Waals surface area contributed by atoms with E-state index < -0.39 is 0 Å². The monoisotopic (exact) mass is 513 g/mol. The lowest BCUT2D eigenvalue weighted by atomic mass is 9.94. The largest absolute Gasteiger partial charge is 0.459 e. The van der Waals surface area contributed by atoms with E-state index in [1.807, 2.05) is 74.4 Å². The Morgan fingerprint density at radius 2 is 1.66 bits per heavy atom. The Labute approximate surface area is 222 Å². The molecule has 0 aliphatic rings. The molecule has 7 heteroatoms. The fourth-order valence-electron chi connectivity index (χ4n) is 4.51. The number of hydrogen-bond donors (Lipinski definition) is 1. The molecule has 4 rings (SSSR count). The average Bonchev–Trinajstić information content (AvgIpc) is 3.46. The van der Waals surface area contributed by atoms with Crippen molar-refractivity contribution >= 4 is 23.2 Å². The van der Waals surface area contributed by atoms with Gasteiger partial charge in [-0.15, -0.1) is 0 Å². The van der Waals surface area contributed by atoms with Crippen LogP contribution in [0, 0.1) is 5.82 Å². The molecule has 0 spiro atoms. The summed E-state index contributed by atoms with van der Waals surface area (Å²) < 4.78 is 18.8. The summed E-state index contributed by atoms with van der Waals surface area (Å²) in [5.74, 6) is -0.797. The third-order valence-corrected chi connectivity index (χ3v) is 6.43. The predicted octanol–water partition coefficient (Wildman–Crippen LogP) is 6.46. The molecule has 6 nitrogen and oxygen atoms in total. The van der Waals surface area contributed by atoms with Gasteiger partial charge >= 0.3 is 0 Å². The zero-order chi connectivity index (χ0) is 27.1. The average molecular weight is 514 g/mol. The molecule has 1 aromatic heterocycles. The van der Waals surface area contributed by atoms with Gasteiger partial charge in [-0.05, 0) is 65.6 Å². The number of halogens is 1. The number of hydrogen-bond acceptors (Lipinski definition) is 4. The maximum absolute atomic E-state index is 14.0. The van der Waals surface area contributed by atoms with E-state index in [1.165, 1.54) is 18.4 Å². The third kappa shape index (κ3) is 6.48. The molecule has 0 aliphatic carbocycles. The van der Waals surface area contributed by atoms with Crippen LogP contribution < -0.4 is 10.2 Å². The van der Waals surface area contributed by atoms with Gasteiger partial charge < -0.3 is 19.5 Å². The second-order valence-corrected chi connectivity index (χ2v) is 9.36. The zero-order valence-corrected chi connectivity index (χ0v) is 21.9. The summed E-state index contributed by atoms with van der Waals surface area (Å²) in [7, 11) is 3.87. The van der Waals surface area contributed by atoms with Gasteiger partial charge in [0.05, 0.1) is 12.2 Å². The van der Waals surface area contributed by atoms with Gasteiger partial charge in [0.2, 0.25) is 5.91 Å². The van der Waals surface area contributed by atoms with Crippen LogP contribution in [-0.4, -0.2) is 30.8 Å². The van der Waals surface area contributed by atoms with Gasteiger partial charge in [0.1, 0.15) is 5.82 Å². The number of benzene rings is 3. The molecule has 0 saturated heterocycles. The van der Waals surface area contributed by atoms with Crippen LogP contribution >= 0.6 is 0 Å². The summed E-state index contributed by atoms with van der Waals surface area (Å²) in [6.07, 6.45) is 2.09. The Hall–Kier alpha value is -4.39. The number of amides is 2. The standard InChI is InChI=1S/C31H32FN3O3/c1-4-27(23-9-6-5-7-10-23)31(37)35(20-22-12-14-25(32)15-13-22)21-24-19-26(16-17-28(24)34(2)3)33-30(36)29-11-8-18-38-29/h5-19,27H,4,20-21H2,1-3H3,(H,33,36)/t27-/m0/s1. The third-order valence-electron chi connectivity index (χ3n) is 6.43. The van der Waals surface area contributed by atoms with Crippen LogP contribution in [0.25, 0.3) is 0 Å². The van der Waals surface area contributed by atoms with Gasteiger partial charge in [-0.3, -0.25) is 9.59 Å². The molecule has 0 unspecified atom stereocenters. The minimum Gasteiger partial charge on any atom is -0.459 e. The smallest absolute Gasteiger partial charge is 0.291 e. The molecular formula is C31H32FN3O3. The van der Waals surface area contributed by atoms with Gasteiger partial charge in [0.25, 0.3) is 5.91 Å². The van der Waals surface area contributed by atoms with Gasteiger partial charge in [0, 0.05) is 38.6 Å². The van der Waals surface area contributed by atoms with Crippen molar-refractivity contribution in [2.45, 2.75) is 32.4 Å². The highest BCUT2D eigenvalue weighted by Gasteiger charge is 2.26. The Balaban J connectivity index is 1.68. The summed E-state index contributed by atoms with van der Waals surface area (Å²) in [4.78, 5) is 30.4. The quantitative estimate of drug-likeness (QED) is 0.264. The molecule has 1 N–H and O–H groups in total. The number of nitrogens with one attached hydrogen (secondary N) is 1. The minimum atomic E-state index is -0.354. The fraction of sp³-hybridized carbons (Fsp3) is 0.226. The number of nitrogens with zero attached hydrogens (tertiary/aromatic N) is 2. The molecule has 38 heavy (non-hydrogen) atoms. The second-order valence-electron chi connectivity index (χ2n) is 9.36. The van der Waals surface area contributed by atoms with E-state index in [4.69, 9.17) is 4.42 Å². The Bertz CT molecular complexity index is 1350. The number of carbonyl (C=O) groups excluding carboxylic acids is 2. The summed E-state index contributed by atoms with van der Waals surface area (Å²) in [5, 5.41) is 2.87. The van der Waals surface area contributed by atoms with Gasteiger partial charge in [0.15, 0.2) is 5.76 Å². The van der Waals surface area contributed by atoms with Crippen molar-refractivity contribution in [3.05, 3.63) is 119 Å². The highest BCUT2D eigenvalue weighted by atomic mass is 19.1. The van der Waals surface area contributed by atoms with E-state index in [-0.39, 0.29) is 29.3 Å². The number of furan rings is 1. The van der Waals surface area contributed by atoms with Crippen molar-refractivity contribution in [2.24, 2.45) is 0 Å². The molecule has 4 aromatic rings. The predicted molar refractivity (Wildman–Crippen MR) is 148 cm³/mol. The summed E-state index contributed by atoms with van der Waals surface area (Å²) in [6, 6.07) is 24.8. The van der Waals surface area contributed by atoms with Crippen molar-refractivity contribution < 1.29 is 18.4 Å². The lowest BCUT2D eigenvalue weighted by molar-refractivity contribution is -0.134. The Morgan fingerprint density at radius 3 is 2.29 bits per heavy atom. The summed E-state index contributed by atoms with van der Waals surface area (Å²) >= 11 is 0. The van der Waals surface area contributed by atoms with Gasteiger partial charge in [-0.2, -0.15) is 0 Å². The second kappa shape index (κ2) is 12.2. The fourth-order valence-corrected chi connectivity index (χ4v) is 4.51. The van der Waals surface area contributed by atoms with Crippen LogP contribution in [0.3, 0.4) is 0 Å². The van der Waals surface area contributed by atoms with Gasteiger partial charge in [-0.1, -0.05) is 49.4 Å². The normalized spacial score (nSPS) is 11.6. The lowest BCUT2D eigenvalue weighted by Gasteiger charge is -2.29. The van der Waals surface area contributed by atoms with Crippen LogP contribution in [0.2, 0.25) is 0 Å². The first-order valence-electron chi connectivity index (χ1n) is 12.6. The number of rotatable bonds is 10. The molecular weight excluding hydrogens is 481 g/mol. The van der Waals surface area contributed by atoms with Crippen LogP contribution in [-0.2, 0) is 17.9 Å². The van der Waals surface area contributed by atoms with E-state index in [0.717, 1.165) is 22.4 Å². The lowest BCUT2D eigenvalue weighted by Crippen LogP contribution is -2.34. The van der Waals surface area contributed by atoms with Gasteiger partial charge in [-0.25, -0.2) is 4.39 Å². The zero-order valence-electron chi connectivity index (χ0n) is 21.9. The highest BCUT2D eigenvalue weighted by molar-refractivity contribution is 6.02. The first-order chi connectivity index (χ1) is 18.4.